The van der Waals surface area contributed by atoms with Crippen molar-refractivity contribution < 1.29 is 8.42 Å². The number of rotatable bonds is 6. The number of fused-ring (bicyclic) bond motifs is 3. The number of pyridine rings is 1. The van der Waals surface area contributed by atoms with Gasteiger partial charge in [-0.1, -0.05) is 103 Å². The fourth-order valence-corrected chi connectivity index (χ4v) is 6.03. The monoisotopic (exact) mass is 512 g/mol. The van der Waals surface area contributed by atoms with Crippen molar-refractivity contribution in [3.8, 4) is 0 Å². The van der Waals surface area contributed by atoms with Gasteiger partial charge in [0.15, 0.2) is 5.65 Å². The van der Waals surface area contributed by atoms with Crippen molar-refractivity contribution in [2.45, 2.75) is 4.90 Å². The Bertz CT molecular complexity index is 1910. The van der Waals surface area contributed by atoms with E-state index in [1.165, 1.54) is 3.97 Å². The zero-order valence-electron chi connectivity index (χ0n) is 20.5. The molecule has 2 heterocycles. The van der Waals surface area contributed by atoms with E-state index in [-0.39, 0.29) is 4.90 Å². The number of aromatic nitrogens is 2. The van der Waals surface area contributed by atoms with Crippen LogP contribution in [0.3, 0.4) is 0 Å². The standard InChI is InChI=1S/C33H24N2O2S/c36-38(37,29-14-8-3-9-15-29)35-32-23-19-27(17-16-25-10-4-1-5-11-25)24-31(32)30-22-21-28(34-33(30)35)20-18-26-12-6-2-7-13-26/h1-24H. The van der Waals surface area contributed by atoms with E-state index in [9.17, 15) is 8.42 Å². The van der Waals surface area contributed by atoms with Gasteiger partial charge in [0.1, 0.15) is 0 Å². The highest BCUT2D eigenvalue weighted by atomic mass is 32.2. The van der Waals surface area contributed by atoms with Crippen molar-refractivity contribution in [1.82, 2.24) is 8.96 Å². The summed E-state index contributed by atoms with van der Waals surface area (Å²) >= 11 is 0. The van der Waals surface area contributed by atoms with Crippen LogP contribution in [0.5, 0.6) is 0 Å². The van der Waals surface area contributed by atoms with Gasteiger partial charge in [-0.25, -0.2) is 17.4 Å². The SMILES string of the molecule is O=S(=O)(c1ccccc1)n1c2ccc(C=Cc3ccccc3)cc2c2ccc(C=Cc3ccccc3)nc21. The van der Waals surface area contributed by atoms with Gasteiger partial charge in [0, 0.05) is 10.8 Å². The van der Waals surface area contributed by atoms with Gasteiger partial charge in [-0.3, -0.25) is 0 Å². The van der Waals surface area contributed by atoms with E-state index in [4.69, 9.17) is 4.98 Å². The first-order valence-electron chi connectivity index (χ1n) is 12.3. The average molecular weight is 513 g/mol. The minimum atomic E-state index is -3.89. The molecule has 0 radical (unpaired) electrons. The molecule has 0 atom stereocenters. The lowest BCUT2D eigenvalue weighted by Gasteiger charge is -2.09. The molecule has 184 valence electrons. The van der Waals surface area contributed by atoms with Crippen molar-refractivity contribution in [2.75, 3.05) is 0 Å². The third kappa shape index (κ3) is 4.56. The lowest BCUT2D eigenvalue weighted by Crippen LogP contribution is -2.13. The Hall–Kier alpha value is -4.74. The van der Waals surface area contributed by atoms with Crippen LogP contribution >= 0.6 is 0 Å². The van der Waals surface area contributed by atoms with Crippen LogP contribution in [-0.4, -0.2) is 17.4 Å². The van der Waals surface area contributed by atoms with E-state index < -0.39 is 10.0 Å². The largest absolute Gasteiger partial charge is 0.269 e. The van der Waals surface area contributed by atoms with Crippen LogP contribution in [0.15, 0.2) is 126 Å². The number of nitrogens with zero attached hydrogens (tertiary/aromatic N) is 2. The van der Waals surface area contributed by atoms with Crippen molar-refractivity contribution in [1.29, 1.82) is 0 Å². The first-order chi connectivity index (χ1) is 18.6. The van der Waals surface area contributed by atoms with Crippen molar-refractivity contribution in [2.24, 2.45) is 0 Å². The molecule has 0 aliphatic carbocycles. The minimum absolute atomic E-state index is 0.221. The lowest BCUT2D eigenvalue weighted by atomic mass is 10.1. The summed E-state index contributed by atoms with van der Waals surface area (Å²) in [5.41, 5.74) is 4.80. The molecular formula is C33H24N2O2S. The molecule has 0 spiro atoms. The maximum Gasteiger partial charge on any atom is 0.269 e. The molecule has 38 heavy (non-hydrogen) atoms. The van der Waals surface area contributed by atoms with Crippen molar-refractivity contribution >= 4 is 56.3 Å². The van der Waals surface area contributed by atoms with E-state index in [0.29, 0.717) is 16.9 Å². The molecular weight excluding hydrogens is 488 g/mol. The smallest absolute Gasteiger partial charge is 0.229 e. The normalized spacial score (nSPS) is 12.2. The summed E-state index contributed by atoms with van der Waals surface area (Å²) in [5, 5.41) is 1.62. The quantitative estimate of drug-likeness (QED) is 0.214. The highest BCUT2D eigenvalue weighted by Gasteiger charge is 2.24. The van der Waals surface area contributed by atoms with Gasteiger partial charge in [0.25, 0.3) is 10.0 Å². The average Bonchev–Trinajstić information content (AvgIpc) is 3.30. The van der Waals surface area contributed by atoms with Crippen LogP contribution in [0, 0.1) is 0 Å². The molecule has 0 saturated heterocycles. The van der Waals surface area contributed by atoms with Gasteiger partial charge < -0.3 is 0 Å². The lowest BCUT2D eigenvalue weighted by molar-refractivity contribution is 0.590. The molecule has 4 aromatic carbocycles. The minimum Gasteiger partial charge on any atom is -0.229 e. The van der Waals surface area contributed by atoms with E-state index in [0.717, 1.165) is 27.5 Å². The summed E-state index contributed by atoms with van der Waals surface area (Å²) in [5.74, 6) is 0. The van der Waals surface area contributed by atoms with Gasteiger partial charge >= 0.3 is 0 Å². The second-order valence-electron chi connectivity index (χ2n) is 8.95. The van der Waals surface area contributed by atoms with Gasteiger partial charge in [-0.2, -0.15) is 0 Å². The third-order valence-corrected chi connectivity index (χ3v) is 8.13. The number of hydrogen-bond acceptors (Lipinski definition) is 3. The predicted octanol–water partition coefficient (Wildman–Crippen LogP) is 7.77. The third-order valence-electron chi connectivity index (χ3n) is 6.41. The molecule has 0 N–H and O–H groups in total. The molecule has 0 saturated carbocycles. The molecule has 0 fully saturated rings. The van der Waals surface area contributed by atoms with Crippen LogP contribution < -0.4 is 0 Å². The Morgan fingerprint density at radius 2 is 1.13 bits per heavy atom. The van der Waals surface area contributed by atoms with E-state index in [1.54, 1.807) is 30.3 Å². The topological polar surface area (TPSA) is 52.0 Å². The zero-order valence-corrected chi connectivity index (χ0v) is 21.3. The molecule has 4 nitrogen and oxygen atoms in total. The Morgan fingerprint density at radius 1 is 0.553 bits per heavy atom. The fraction of sp³-hybridized carbons (Fsp3) is 0. The van der Waals surface area contributed by atoms with Gasteiger partial charge in [0.2, 0.25) is 0 Å². The fourth-order valence-electron chi connectivity index (χ4n) is 4.53. The molecule has 0 amide bonds. The zero-order chi connectivity index (χ0) is 26.0. The number of hydrogen-bond donors (Lipinski definition) is 0. The van der Waals surface area contributed by atoms with E-state index in [1.807, 2.05) is 115 Å². The molecule has 6 aromatic rings. The first-order valence-corrected chi connectivity index (χ1v) is 13.8. The van der Waals surface area contributed by atoms with Gasteiger partial charge in [0.05, 0.1) is 16.1 Å². The summed E-state index contributed by atoms with van der Waals surface area (Å²) < 4.78 is 29.2. The highest BCUT2D eigenvalue weighted by Crippen LogP contribution is 2.33. The van der Waals surface area contributed by atoms with E-state index in [2.05, 4.69) is 0 Å². The van der Waals surface area contributed by atoms with Crippen LogP contribution in [0.2, 0.25) is 0 Å². The van der Waals surface area contributed by atoms with Crippen LogP contribution in [0.1, 0.15) is 22.4 Å². The molecule has 5 heteroatoms. The second kappa shape index (κ2) is 9.96. The number of benzene rings is 4. The predicted molar refractivity (Wildman–Crippen MR) is 157 cm³/mol. The summed E-state index contributed by atoms with van der Waals surface area (Å²) in [6.07, 6.45) is 7.96. The molecule has 0 bridgehead atoms. The molecule has 6 rings (SSSR count). The van der Waals surface area contributed by atoms with Crippen LogP contribution in [-0.2, 0) is 10.0 Å². The Balaban J connectivity index is 1.53. The van der Waals surface area contributed by atoms with Crippen LogP contribution in [0.25, 0.3) is 46.2 Å². The maximum absolute atomic E-state index is 13.9. The summed E-state index contributed by atoms with van der Waals surface area (Å²) in [4.78, 5) is 5.04. The van der Waals surface area contributed by atoms with Gasteiger partial charge in [-0.05, 0) is 59.2 Å². The summed E-state index contributed by atoms with van der Waals surface area (Å²) in [6, 6.07) is 38.2. The molecule has 0 aliphatic rings. The van der Waals surface area contributed by atoms with Gasteiger partial charge in [-0.15, -0.1) is 0 Å². The Morgan fingerprint density at radius 3 is 1.79 bits per heavy atom. The van der Waals surface area contributed by atoms with Crippen molar-refractivity contribution in [3.05, 3.63) is 144 Å². The maximum atomic E-state index is 13.9. The Kier molecular flexibility index (Phi) is 6.20. The second-order valence-corrected chi connectivity index (χ2v) is 10.7. The molecule has 0 aliphatic heterocycles. The van der Waals surface area contributed by atoms with Crippen LogP contribution in [0.4, 0.5) is 0 Å². The first kappa shape index (κ1) is 23.6. The molecule has 0 unspecified atom stereocenters. The Labute approximate surface area is 221 Å². The summed E-state index contributed by atoms with van der Waals surface area (Å²) in [6.45, 7) is 0. The highest BCUT2D eigenvalue weighted by molar-refractivity contribution is 7.90. The molecule has 2 aromatic heterocycles. The summed E-state index contributed by atoms with van der Waals surface area (Å²) in [7, 11) is -3.89. The van der Waals surface area contributed by atoms with E-state index >= 15 is 0 Å². The van der Waals surface area contributed by atoms with Crippen molar-refractivity contribution in [3.63, 3.8) is 0 Å².